The molecule has 6 heteroatoms. The molecule has 6 nitrogen and oxygen atoms in total. The number of aryl methyl sites for hydroxylation is 1. The van der Waals surface area contributed by atoms with E-state index >= 15 is 0 Å². The van der Waals surface area contributed by atoms with Crippen LogP contribution < -0.4 is 11.3 Å². The van der Waals surface area contributed by atoms with Crippen molar-refractivity contribution in [1.29, 1.82) is 0 Å². The van der Waals surface area contributed by atoms with Crippen LogP contribution in [0.2, 0.25) is 0 Å². The first-order chi connectivity index (χ1) is 5.52. The number of hydrogen-bond acceptors (Lipinski definition) is 4. The zero-order valence-corrected chi connectivity index (χ0v) is 6.33. The molecule has 0 aliphatic rings. The highest BCUT2D eigenvalue weighted by Crippen LogP contribution is 2.14. The van der Waals surface area contributed by atoms with E-state index in [1.165, 1.54) is 6.92 Å². The summed E-state index contributed by atoms with van der Waals surface area (Å²) >= 11 is 0. The lowest BCUT2D eigenvalue weighted by molar-refractivity contribution is -0.385. The average molecular weight is 169 g/mol. The van der Waals surface area contributed by atoms with Crippen LogP contribution in [0.3, 0.4) is 0 Å². The second kappa shape index (κ2) is 2.65. The Hall–Kier alpha value is -1.85. The first kappa shape index (κ1) is 8.25. The third-order valence-electron chi connectivity index (χ3n) is 1.44. The van der Waals surface area contributed by atoms with Crippen molar-refractivity contribution in [3.05, 3.63) is 32.2 Å². The summed E-state index contributed by atoms with van der Waals surface area (Å²) in [5.41, 5.74) is 4.56. The molecule has 0 saturated carbocycles. The predicted octanol–water partition coefficient (Wildman–Crippen LogP) is 0.174. The van der Waals surface area contributed by atoms with Crippen LogP contribution in [0.25, 0.3) is 0 Å². The normalized spacial score (nSPS) is 9.75. The summed E-state index contributed by atoms with van der Waals surface area (Å²) in [6, 6.07) is 1.05. The van der Waals surface area contributed by atoms with Crippen LogP contribution in [0, 0.1) is 17.0 Å². The standard InChI is InChI=1S/C6H7N3O3/c1-3-5(9(11)12)2-4(7)6(10)8-3/h2H,7H2,1H3,(H,8,10). The molecule has 0 aromatic carbocycles. The summed E-state index contributed by atoms with van der Waals surface area (Å²) in [5, 5.41) is 10.3. The Labute approximate surface area is 67.2 Å². The Kier molecular flexibility index (Phi) is 1.82. The summed E-state index contributed by atoms with van der Waals surface area (Å²) in [6.45, 7) is 1.44. The molecule has 0 saturated heterocycles. The van der Waals surface area contributed by atoms with E-state index < -0.39 is 10.5 Å². The van der Waals surface area contributed by atoms with Crippen molar-refractivity contribution in [2.24, 2.45) is 0 Å². The van der Waals surface area contributed by atoms with Gasteiger partial charge in [-0.3, -0.25) is 14.9 Å². The Morgan fingerprint density at radius 3 is 2.75 bits per heavy atom. The summed E-state index contributed by atoms with van der Waals surface area (Å²) in [7, 11) is 0. The minimum atomic E-state index is -0.596. The van der Waals surface area contributed by atoms with Crippen LogP contribution in [-0.4, -0.2) is 9.91 Å². The second-order valence-electron chi connectivity index (χ2n) is 2.32. The van der Waals surface area contributed by atoms with E-state index in [0.29, 0.717) is 0 Å². The Morgan fingerprint density at radius 1 is 1.67 bits per heavy atom. The number of nitrogens with one attached hydrogen (secondary N) is 1. The quantitative estimate of drug-likeness (QED) is 0.462. The topological polar surface area (TPSA) is 102 Å². The van der Waals surface area contributed by atoms with Gasteiger partial charge in [0, 0.05) is 6.07 Å². The minimum Gasteiger partial charge on any atom is -0.394 e. The molecule has 1 aromatic rings. The third-order valence-corrected chi connectivity index (χ3v) is 1.44. The van der Waals surface area contributed by atoms with E-state index in [1.807, 2.05) is 0 Å². The summed E-state index contributed by atoms with van der Waals surface area (Å²) in [5.74, 6) is 0. The van der Waals surface area contributed by atoms with Gasteiger partial charge in [0.05, 0.1) is 10.6 Å². The summed E-state index contributed by atoms with van der Waals surface area (Å²) in [6.07, 6.45) is 0. The van der Waals surface area contributed by atoms with Gasteiger partial charge in [-0.05, 0) is 6.92 Å². The molecule has 3 N–H and O–H groups in total. The summed E-state index contributed by atoms with van der Waals surface area (Å²) < 4.78 is 0. The summed E-state index contributed by atoms with van der Waals surface area (Å²) in [4.78, 5) is 22.8. The van der Waals surface area contributed by atoms with E-state index in [2.05, 4.69) is 4.98 Å². The Balaban J connectivity index is 3.43. The molecular weight excluding hydrogens is 162 g/mol. The number of pyridine rings is 1. The fourth-order valence-electron chi connectivity index (χ4n) is 0.817. The maximum absolute atomic E-state index is 10.8. The average Bonchev–Trinajstić information content (AvgIpc) is 1.96. The molecule has 64 valence electrons. The van der Waals surface area contributed by atoms with Gasteiger partial charge in [-0.25, -0.2) is 0 Å². The minimum absolute atomic E-state index is 0.146. The van der Waals surface area contributed by atoms with E-state index in [-0.39, 0.29) is 17.1 Å². The fraction of sp³-hybridized carbons (Fsp3) is 0.167. The molecule has 0 aliphatic carbocycles. The van der Waals surface area contributed by atoms with Gasteiger partial charge < -0.3 is 10.7 Å². The first-order valence-electron chi connectivity index (χ1n) is 3.16. The largest absolute Gasteiger partial charge is 0.394 e. The maximum Gasteiger partial charge on any atom is 0.290 e. The van der Waals surface area contributed by atoms with Crippen molar-refractivity contribution in [3.8, 4) is 0 Å². The SMILES string of the molecule is Cc1[nH]c(=O)c(N)cc1[N+](=O)[O-]. The van der Waals surface area contributed by atoms with Gasteiger partial charge in [0.1, 0.15) is 5.69 Å². The zero-order valence-electron chi connectivity index (χ0n) is 6.33. The van der Waals surface area contributed by atoms with Gasteiger partial charge in [-0.1, -0.05) is 0 Å². The van der Waals surface area contributed by atoms with Crippen LogP contribution in [0.4, 0.5) is 11.4 Å². The van der Waals surface area contributed by atoms with Gasteiger partial charge in [-0.2, -0.15) is 0 Å². The molecular formula is C6H7N3O3. The first-order valence-corrected chi connectivity index (χ1v) is 3.16. The van der Waals surface area contributed by atoms with Crippen LogP contribution in [0.5, 0.6) is 0 Å². The molecule has 1 aromatic heterocycles. The van der Waals surface area contributed by atoms with E-state index in [1.54, 1.807) is 0 Å². The van der Waals surface area contributed by atoms with Gasteiger partial charge in [0.15, 0.2) is 0 Å². The van der Waals surface area contributed by atoms with Gasteiger partial charge >= 0.3 is 0 Å². The lowest BCUT2D eigenvalue weighted by Gasteiger charge is -1.96. The molecule has 0 aliphatic heterocycles. The highest BCUT2D eigenvalue weighted by molar-refractivity contribution is 5.47. The number of nitrogens with two attached hydrogens (primary N) is 1. The van der Waals surface area contributed by atoms with Gasteiger partial charge in [0.2, 0.25) is 0 Å². The molecule has 1 heterocycles. The van der Waals surface area contributed by atoms with Crippen molar-refractivity contribution in [1.82, 2.24) is 4.98 Å². The number of anilines is 1. The molecule has 0 bridgehead atoms. The molecule has 1 rings (SSSR count). The Bertz CT molecular complexity index is 382. The molecule has 0 unspecified atom stereocenters. The molecule has 0 atom stereocenters. The Morgan fingerprint density at radius 2 is 2.25 bits per heavy atom. The van der Waals surface area contributed by atoms with Crippen LogP contribution in [0.1, 0.15) is 5.69 Å². The lowest BCUT2D eigenvalue weighted by atomic mass is 10.3. The van der Waals surface area contributed by atoms with Crippen molar-refractivity contribution in [2.45, 2.75) is 6.92 Å². The molecule has 0 fully saturated rings. The number of rotatable bonds is 1. The number of nitro groups is 1. The third kappa shape index (κ3) is 1.26. The van der Waals surface area contributed by atoms with Crippen LogP contribution in [-0.2, 0) is 0 Å². The van der Waals surface area contributed by atoms with Crippen molar-refractivity contribution in [2.75, 3.05) is 5.73 Å². The van der Waals surface area contributed by atoms with E-state index in [0.717, 1.165) is 6.07 Å². The highest BCUT2D eigenvalue weighted by atomic mass is 16.6. The molecule has 0 radical (unpaired) electrons. The van der Waals surface area contributed by atoms with E-state index in [9.17, 15) is 14.9 Å². The molecule has 0 amide bonds. The molecule has 0 spiro atoms. The lowest BCUT2D eigenvalue weighted by Crippen LogP contribution is -2.13. The van der Waals surface area contributed by atoms with E-state index in [4.69, 9.17) is 5.73 Å². The van der Waals surface area contributed by atoms with Crippen LogP contribution in [0.15, 0.2) is 10.9 Å². The number of aromatic amines is 1. The fourth-order valence-corrected chi connectivity index (χ4v) is 0.817. The van der Waals surface area contributed by atoms with Crippen molar-refractivity contribution >= 4 is 11.4 Å². The van der Waals surface area contributed by atoms with Crippen LogP contribution >= 0.6 is 0 Å². The van der Waals surface area contributed by atoms with Gasteiger partial charge in [-0.15, -0.1) is 0 Å². The van der Waals surface area contributed by atoms with Crippen molar-refractivity contribution < 1.29 is 4.92 Å². The predicted molar refractivity (Wildman–Crippen MR) is 42.9 cm³/mol. The highest BCUT2D eigenvalue weighted by Gasteiger charge is 2.12. The van der Waals surface area contributed by atoms with Crippen molar-refractivity contribution in [3.63, 3.8) is 0 Å². The number of aromatic nitrogens is 1. The number of hydrogen-bond donors (Lipinski definition) is 2. The van der Waals surface area contributed by atoms with Gasteiger partial charge in [0.25, 0.3) is 11.2 Å². The smallest absolute Gasteiger partial charge is 0.290 e. The molecule has 12 heavy (non-hydrogen) atoms. The monoisotopic (exact) mass is 169 g/mol. The zero-order chi connectivity index (χ0) is 9.30. The maximum atomic E-state index is 10.8. The number of nitrogen functional groups attached to an aromatic ring is 1. The number of nitrogens with zero attached hydrogens (tertiary/aromatic N) is 1. The number of H-pyrrole nitrogens is 1. The second-order valence-corrected chi connectivity index (χ2v) is 2.32.